The number of imidazole rings is 2. The quantitative estimate of drug-likeness (QED) is 0.167. The molecule has 12 aromatic rings. The van der Waals surface area contributed by atoms with Crippen LogP contribution in [0.25, 0.3) is 89.6 Å². The van der Waals surface area contributed by atoms with E-state index >= 15 is 0 Å². The molecule has 0 unspecified atom stereocenters. The minimum Gasteiger partial charge on any atom is -0.457 e. The Morgan fingerprint density at radius 3 is 1.35 bits per heavy atom. The van der Waals surface area contributed by atoms with E-state index in [9.17, 15) is 0 Å². The fourth-order valence-corrected chi connectivity index (χ4v) is 11.1. The number of aromatic nitrogens is 4. The van der Waals surface area contributed by atoms with E-state index in [0.717, 1.165) is 101 Å². The Balaban J connectivity index is 0.970. The van der Waals surface area contributed by atoms with Gasteiger partial charge in [0.05, 0.1) is 27.5 Å². The molecule has 10 aromatic carbocycles. The third kappa shape index (κ3) is 5.69. The second-order valence-electron chi connectivity index (χ2n) is 17.7. The summed E-state index contributed by atoms with van der Waals surface area (Å²) in [6.45, 7) is 0. The van der Waals surface area contributed by atoms with Crippen LogP contribution in [-0.2, 0) is 5.41 Å². The van der Waals surface area contributed by atoms with Crippen molar-refractivity contribution in [3.63, 3.8) is 0 Å². The van der Waals surface area contributed by atoms with E-state index in [1.807, 2.05) is 0 Å². The molecule has 0 fully saturated rings. The van der Waals surface area contributed by atoms with Crippen molar-refractivity contribution in [3.8, 4) is 79.0 Å². The zero-order valence-corrected chi connectivity index (χ0v) is 36.8. The highest BCUT2D eigenvalue weighted by Crippen LogP contribution is 2.62. The summed E-state index contributed by atoms with van der Waals surface area (Å²) in [5.41, 5.74) is 19.3. The predicted octanol–water partition coefficient (Wildman–Crippen LogP) is 15.5. The van der Waals surface area contributed by atoms with Crippen molar-refractivity contribution in [3.05, 3.63) is 265 Å². The Morgan fingerprint density at radius 1 is 0.309 bits per heavy atom. The number of nitrogens with zero attached hydrogens (tertiary/aromatic N) is 4. The maximum atomic E-state index is 6.59. The number of rotatable bonds is 6. The van der Waals surface area contributed by atoms with Crippen molar-refractivity contribution < 1.29 is 4.74 Å². The fraction of sp³-hybridized carbons (Fsp3) is 0.0159. The average molecular weight is 869 g/mol. The molecular weight excluding hydrogens is 829 g/mol. The Morgan fingerprint density at radius 2 is 0.750 bits per heavy atom. The van der Waals surface area contributed by atoms with Gasteiger partial charge < -0.3 is 4.74 Å². The third-order valence-electron chi connectivity index (χ3n) is 14.0. The van der Waals surface area contributed by atoms with Crippen LogP contribution < -0.4 is 4.74 Å². The number of fused-ring (bicyclic) bond motifs is 11. The first kappa shape index (κ1) is 38.2. The van der Waals surface area contributed by atoms with Gasteiger partial charge in [0.2, 0.25) is 0 Å². The first-order valence-corrected chi connectivity index (χ1v) is 23.1. The second-order valence-corrected chi connectivity index (χ2v) is 17.7. The van der Waals surface area contributed by atoms with Gasteiger partial charge in [0, 0.05) is 33.6 Å². The van der Waals surface area contributed by atoms with Gasteiger partial charge in [-0.3, -0.25) is 9.13 Å². The van der Waals surface area contributed by atoms with E-state index in [1.54, 1.807) is 0 Å². The highest BCUT2D eigenvalue weighted by Gasteiger charge is 2.51. The largest absolute Gasteiger partial charge is 0.457 e. The second kappa shape index (κ2) is 15.0. The maximum absolute atomic E-state index is 6.59. The molecule has 0 saturated heterocycles. The van der Waals surface area contributed by atoms with Gasteiger partial charge in [0.15, 0.2) is 0 Å². The van der Waals surface area contributed by atoms with Crippen molar-refractivity contribution in [1.29, 1.82) is 0 Å². The Hall–Kier alpha value is -9.06. The smallest absolute Gasteiger partial charge is 0.145 e. The van der Waals surface area contributed by atoms with Gasteiger partial charge in [-0.1, -0.05) is 152 Å². The lowest BCUT2D eigenvalue weighted by molar-refractivity contribution is 0.436. The third-order valence-corrected chi connectivity index (χ3v) is 14.0. The molecule has 0 saturated carbocycles. The van der Waals surface area contributed by atoms with E-state index in [0.29, 0.717) is 0 Å². The Bertz CT molecular complexity index is 3780. The predicted molar refractivity (Wildman–Crippen MR) is 275 cm³/mol. The van der Waals surface area contributed by atoms with Crippen LogP contribution in [0.15, 0.2) is 243 Å². The molecule has 5 nitrogen and oxygen atoms in total. The molecule has 14 rings (SSSR count). The monoisotopic (exact) mass is 868 g/mol. The molecule has 318 valence electrons. The summed E-state index contributed by atoms with van der Waals surface area (Å²) in [4.78, 5) is 10.7. The van der Waals surface area contributed by atoms with Crippen molar-refractivity contribution in [2.75, 3.05) is 0 Å². The van der Waals surface area contributed by atoms with Crippen molar-refractivity contribution >= 4 is 22.1 Å². The van der Waals surface area contributed by atoms with Crippen LogP contribution in [0.3, 0.4) is 0 Å². The summed E-state index contributed by atoms with van der Waals surface area (Å²) < 4.78 is 11.1. The molecule has 0 radical (unpaired) electrons. The molecule has 0 N–H and O–H groups in total. The van der Waals surface area contributed by atoms with E-state index in [1.165, 1.54) is 22.3 Å². The number of hydrogen-bond donors (Lipinski definition) is 0. The molecular formula is C63H40N4O. The lowest BCUT2D eigenvalue weighted by atomic mass is 9.66. The Labute approximate surface area is 393 Å². The number of ether oxygens (including phenoxy) is 1. The normalized spacial score (nSPS) is 12.9. The molecule has 0 amide bonds. The SMILES string of the molecule is c1ccc(-n2c(-c3cc(-c4cccc(-c5ccc6c(c5)-c5ccccc5C65c6ccccc6Oc6ccccc65)c4)cc(-c4nc5ccccc5n4-c4ccccc4)c3)nc3ccccc32)cc1. The molecule has 0 bridgehead atoms. The van der Waals surface area contributed by atoms with Crippen molar-refractivity contribution in [2.24, 2.45) is 0 Å². The lowest BCUT2D eigenvalue weighted by Gasteiger charge is -2.39. The van der Waals surface area contributed by atoms with Crippen LogP contribution in [-0.4, -0.2) is 19.1 Å². The van der Waals surface area contributed by atoms with E-state index in [2.05, 4.69) is 252 Å². The van der Waals surface area contributed by atoms with Gasteiger partial charge in [0.25, 0.3) is 0 Å². The minimum atomic E-state index is -0.513. The van der Waals surface area contributed by atoms with Gasteiger partial charge in [0.1, 0.15) is 23.1 Å². The molecule has 2 aromatic heterocycles. The summed E-state index contributed by atoms with van der Waals surface area (Å²) in [5.74, 6) is 3.51. The van der Waals surface area contributed by atoms with Crippen LogP contribution in [0.2, 0.25) is 0 Å². The highest BCUT2D eigenvalue weighted by molar-refractivity contribution is 5.92. The molecule has 1 aliphatic heterocycles. The first-order valence-electron chi connectivity index (χ1n) is 23.1. The summed E-state index contributed by atoms with van der Waals surface area (Å²) in [6.07, 6.45) is 0. The standard InChI is InChI=1S/C63H40N4O/c1-3-20-47(21-4-1)66-57-30-13-11-28-55(57)64-61(66)45-37-44(38-46(39-45)62-65-56-29-12-14-31-58(56)67(62)48-22-5-2-6-23-48)42-19-17-18-41(36-42)43-34-35-52-50(40-43)49-24-7-8-25-51(49)63(52)53-26-9-15-32-59(53)68-60-33-16-10-27-54(60)63/h1-40H. The first-order chi connectivity index (χ1) is 33.7. The zero-order valence-electron chi connectivity index (χ0n) is 36.8. The molecule has 68 heavy (non-hydrogen) atoms. The zero-order chi connectivity index (χ0) is 44.8. The molecule has 1 spiro atoms. The lowest BCUT2D eigenvalue weighted by Crippen LogP contribution is -2.32. The molecule has 1 aliphatic carbocycles. The summed E-state index contributed by atoms with van der Waals surface area (Å²) in [6, 6.07) is 86.7. The number of benzene rings is 10. The number of hydrogen-bond acceptors (Lipinski definition) is 3. The minimum absolute atomic E-state index is 0.513. The highest BCUT2D eigenvalue weighted by atomic mass is 16.5. The van der Waals surface area contributed by atoms with Gasteiger partial charge in [-0.05, 0) is 136 Å². The molecule has 3 heterocycles. The van der Waals surface area contributed by atoms with E-state index in [-0.39, 0.29) is 0 Å². The van der Waals surface area contributed by atoms with Gasteiger partial charge in [-0.25, -0.2) is 9.97 Å². The van der Waals surface area contributed by atoms with Crippen molar-refractivity contribution in [1.82, 2.24) is 19.1 Å². The van der Waals surface area contributed by atoms with E-state index in [4.69, 9.17) is 14.7 Å². The van der Waals surface area contributed by atoms with Crippen LogP contribution in [0.5, 0.6) is 11.5 Å². The van der Waals surface area contributed by atoms with Gasteiger partial charge in [-0.2, -0.15) is 0 Å². The van der Waals surface area contributed by atoms with Crippen LogP contribution in [0.1, 0.15) is 22.3 Å². The van der Waals surface area contributed by atoms with Gasteiger partial charge >= 0.3 is 0 Å². The summed E-state index contributed by atoms with van der Waals surface area (Å²) in [7, 11) is 0. The van der Waals surface area contributed by atoms with Gasteiger partial charge in [-0.15, -0.1) is 0 Å². The molecule has 0 atom stereocenters. The van der Waals surface area contributed by atoms with Crippen LogP contribution in [0.4, 0.5) is 0 Å². The van der Waals surface area contributed by atoms with E-state index < -0.39 is 5.41 Å². The van der Waals surface area contributed by atoms with Crippen molar-refractivity contribution in [2.45, 2.75) is 5.41 Å². The molecule has 2 aliphatic rings. The van der Waals surface area contributed by atoms with Crippen LogP contribution in [0, 0.1) is 0 Å². The maximum Gasteiger partial charge on any atom is 0.145 e. The fourth-order valence-electron chi connectivity index (χ4n) is 11.1. The summed E-state index contributed by atoms with van der Waals surface area (Å²) in [5, 5.41) is 0. The Kier molecular flexibility index (Phi) is 8.43. The van der Waals surface area contributed by atoms with Crippen LogP contribution >= 0.6 is 0 Å². The topological polar surface area (TPSA) is 44.9 Å². The number of para-hydroxylation sites is 8. The average Bonchev–Trinajstić information content (AvgIpc) is 4.09. The molecule has 5 heteroatoms. The summed E-state index contributed by atoms with van der Waals surface area (Å²) >= 11 is 0.